The van der Waals surface area contributed by atoms with Gasteiger partial charge in [-0.2, -0.15) is 0 Å². The summed E-state index contributed by atoms with van der Waals surface area (Å²) in [4.78, 5) is 17.1. The predicted molar refractivity (Wildman–Crippen MR) is 100.0 cm³/mol. The fourth-order valence-electron chi connectivity index (χ4n) is 5.11. The third-order valence-corrected chi connectivity index (χ3v) is 6.60. The average Bonchev–Trinajstić information content (AvgIpc) is 3.09. The number of hydrogen-bond acceptors (Lipinski definition) is 4. The number of benzene rings is 1. The number of carbonyl (C=O) groups excluding carboxylic acids is 1. The van der Waals surface area contributed by atoms with Crippen LogP contribution in [0.25, 0.3) is 0 Å². The van der Waals surface area contributed by atoms with Gasteiger partial charge in [-0.3, -0.25) is 9.69 Å². The van der Waals surface area contributed by atoms with Gasteiger partial charge in [-0.1, -0.05) is 19.8 Å². The van der Waals surface area contributed by atoms with Gasteiger partial charge in [-0.15, -0.1) is 0 Å². The quantitative estimate of drug-likeness (QED) is 0.614. The number of anilines is 1. The second kappa shape index (κ2) is 6.64. The Kier molecular flexibility index (Phi) is 4.48. The van der Waals surface area contributed by atoms with E-state index in [1.165, 1.54) is 43.4 Å². The van der Waals surface area contributed by atoms with Gasteiger partial charge in [0.15, 0.2) is 0 Å². The van der Waals surface area contributed by atoms with E-state index < -0.39 is 0 Å². The van der Waals surface area contributed by atoms with Crippen molar-refractivity contribution in [2.45, 2.75) is 57.5 Å². The van der Waals surface area contributed by atoms with Gasteiger partial charge in [0.2, 0.25) is 0 Å². The van der Waals surface area contributed by atoms with Crippen LogP contribution in [-0.2, 0) is 4.79 Å². The molecule has 2 aliphatic heterocycles. The number of nitrogens with zero attached hydrogens (tertiary/aromatic N) is 2. The van der Waals surface area contributed by atoms with Gasteiger partial charge in [0.25, 0.3) is 0 Å². The van der Waals surface area contributed by atoms with E-state index in [1.807, 2.05) is 6.07 Å². The van der Waals surface area contributed by atoms with Crippen molar-refractivity contribution in [3.05, 3.63) is 23.8 Å². The molecule has 4 nitrogen and oxygen atoms in total. The fraction of sp³-hybridized carbons (Fsp3) is 0.667. The fourth-order valence-corrected chi connectivity index (χ4v) is 5.11. The lowest BCUT2D eigenvalue weighted by molar-refractivity contribution is -0.135. The molecule has 2 atom stereocenters. The third kappa shape index (κ3) is 3.17. The van der Waals surface area contributed by atoms with Crippen molar-refractivity contribution in [1.29, 1.82) is 0 Å². The molecule has 3 aliphatic rings. The molecule has 0 radical (unpaired) electrons. The van der Waals surface area contributed by atoms with Gasteiger partial charge in [0.1, 0.15) is 5.75 Å². The topological polar surface area (TPSA) is 32.8 Å². The summed E-state index contributed by atoms with van der Waals surface area (Å²) in [6, 6.07) is 6.18. The molecule has 1 saturated carbocycles. The number of likely N-dealkylation sites (N-methyl/N-ethyl adjacent to an activating group) is 2. The molecule has 0 N–H and O–H groups in total. The molecular formula is C21H30N2O2. The van der Waals surface area contributed by atoms with Crippen molar-refractivity contribution < 1.29 is 9.53 Å². The van der Waals surface area contributed by atoms with Crippen molar-refractivity contribution in [3.8, 4) is 5.75 Å². The SMILES string of the molecule is CC1CCC(CC(=O)Oc2ccc3c(c2)C2CCN(C)C2N3C)CC1. The maximum atomic E-state index is 12.4. The van der Waals surface area contributed by atoms with Crippen LogP contribution in [0.5, 0.6) is 5.75 Å². The van der Waals surface area contributed by atoms with Crippen LogP contribution in [0.15, 0.2) is 18.2 Å². The number of ether oxygens (including phenoxy) is 1. The average molecular weight is 342 g/mol. The highest BCUT2D eigenvalue weighted by Gasteiger charge is 2.43. The molecule has 136 valence electrons. The summed E-state index contributed by atoms with van der Waals surface area (Å²) >= 11 is 0. The van der Waals surface area contributed by atoms with Gasteiger partial charge in [0, 0.05) is 31.6 Å². The number of hydrogen-bond donors (Lipinski definition) is 0. The highest BCUT2D eigenvalue weighted by atomic mass is 16.5. The first-order valence-electron chi connectivity index (χ1n) is 9.80. The van der Waals surface area contributed by atoms with Crippen LogP contribution in [0.3, 0.4) is 0 Å². The summed E-state index contributed by atoms with van der Waals surface area (Å²) in [5.41, 5.74) is 2.62. The van der Waals surface area contributed by atoms with E-state index in [0.717, 1.165) is 18.2 Å². The molecule has 2 heterocycles. The van der Waals surface area contributed by atoms with E-state index in [4.69, 9.17) is 4.74 Å². The van der Waals surface area contributed by atoms with E-state index in [1.54, 1.807) is 0 Å². The lowest BCUT2D eigenvalue weighted by atomic mass is 9.81. The van der Waals surface area contributed by atoms with Crippen LogP contribution < -0.4 is 9.64 Å². The standard InChI is InChI=1S/C21H30N2O2/c1-14-4-6-15(7-5-14)12-20(24)25-16-8-9-19-18(13-16)17-10-11-22(2)21(17)23(19)3/h8-9,13-15,17,21H,4-7,10-12H2,1-3H3. The second-order valence-electron chi connectivity index (χ2n) is 8.43. The van der Waals surface area contributed by atoms with Crippen molar-refractivity contribution >= 4 is 11.7 Å². The first-order valence-corrected chi connectivity index (χ1v) is 9.80. The van der Waals surface area contributed by atoms with E-state index in [2.05, 4.69) is 43.0 Å². The van der Waals surface area contributed by atoms with E-state index in [0.29, 0.717) is 24.4 Å². The summed E-state index contributed by atoms with van der Waals surface area (Å²) in [6.45, 7) is 3.44. The molecule has 0 bridgehead atoms. The molecule has 0 spiro atoms. The van der Waals surface area contributed by atoms with Crippen LogP contribution in [0.4, 0.5) is 5.69 Å². The third-order valence-electron chi connectivity index (χ3n) is 6.60. The zero-order valence-electron chi connectivity index (χ0n) is 15.7. The van der Waals surface area contributed by atoms with Gasteiger partial charge in [-0.25, -0.2) is 0 Å². The van der Waals surface area contributed by atoms with E-state index in [9.17, 15) is 4.79 Å². The highest BCUT2D eigenvalue weighted by Crippen LogP contribution is 2.47. The number of fused-ring (bicyclic) bond motifs is 3. The second-order valence-corrected chi connectivity index (χ2v) is 8.43. The maximum Gasteiger partial charge on any atom is 0.311 e. The Bertz CT molecular complexity index is 651. The zero-order valence-corrected chi connectivity index (χ0v) is 15.7. The molecule has 1 aromatic carbocycles. The predicted octanol–water partition coefficient (Wildman–Crippen LogP) is 4.00. The van der Waals surface area contributed by atoms with Crippen LogP contribution in [0.2, 0.25) is 0 Å². The Morgan fingerprint density at radius 1 is 1.16 bits per heavy atom. The smallest absolute Gasteiger partial charge is 0.311 e. The number of likely N-dealkylation sites (tertiary alicyclic amines) is 1. The highest BCUT2D eigenvalue weighted by molar-refractivity contribution is 5.73. The minimum Gasteiger partial charge on any atom is -0.427 e. The minimum absolute atomic E-state index is 0.0639. The number of rotatable bonds is 3. The van der Waals surface area contributed by atoms with Crippen molar-refractivity contribution in [2.75, 3.05) is 25.5 Å². The van der Waals surface area contributed by atoms with Crippen molar-refractivity contribution in [3.63, 3.8) is 0 Å². The zero-order chi connectivity index (χ0) is 17.6. The van der Waals surface area contributed by atoms with Crippen LogP contribution in [0.1, 0.15) is 56.9 Å². The first-order chi connectivity index (χ1) is 12.0. The molecule has 1 aliphatic carbocycles. The van der Waals surface area contributed by atoms with Gasteiger partial charge >= 0.3 is 5.97 Å². The van der Waals surface area contributed by atoms with Gasteiger partial charge in [0.05, 0.1) is 6.17 Å². The lowest BCUT2D eigenvalue weighted by Gasteiger charge is -2.28. The van der Waals surface area contributed by atoms with Gasteiger partial charge in [-0.05, 0) is 61.9 Å². The first kappa shape index (κ1) is 16.9. The van der Waals surface area contributed by atoms with Crippen LogP contribution in [-0.4, -0.2) is 37.7 Å². The Morgan fingerprint density at radius 3 is 2.68 bits per heavy atom. The van der Waals surface area contributed by atoms with Crippen molar-refractivity contribution in [1.82, 2.24) is 4.90 Å². The lowest BCUT2D eigenvalue weighted by Crippen LogP contribution is -2.39. The maximum absolute atomic E-state index is 12.4. The summed E-state index contributed by atoms with van der Waals surface area (Å²) in [6.07, 6.45) is 7.03. The molecule has 1 saturated heterocycles. The number of carbonyl (C=O) groups is 1. The monoisotopic (exact) mass is 342 g/mol. The summed E-state index contributed by atoms with van der Waals surface area (Å²) in [5, 5.41) is 0. The largest absolute Gasteiger partial charge is 0.427 e. The summed E-state index contributed by atoms with van der Waals surface area (Å²) in [7, 11) is 4.36. The van der Waals surface area contributed by atoms with Crippen molar-refractivity contribution in [2.24, 2.45) is 11.8 Å². The summed E-state index contributed by atoms with van der Waals surface area (Å²) < 4.78 is 5.71. The molecule has 4 rings (SSSR count). The molecule has 25 heavy (non-hydrogen) atoms. The summed E-state index contributed by atoms with van der Waals surface area (Å²) in [5.74, 6) is 2.52. The molecule has 1 aromatic rings. The number of esters is 1. The van der Waals surface area contributed by atoms with Crippen LogP contribution >= 0.6 is 0 Å². The Hall–Kier alpha value is -1.55. The molecule has 2 unspecified atom stereocenters. The minimum atomic E-state index is -0.0639. The van der Waals surface area contributed by atoms with E-state index >= 15 is 0 Å². The molecule has 0 aromatic heterocycles. The molecule has 2 fully saturated rings. The normalized spacial score (nSPS) is 31.7. The van der Waals surface area contributed by atoms with Gasteiger partial charge < -0.3 is 9.64 Å². The molecule has 4 heteroatoms. The Morgan fingerprint density at radius 2 is 1.92 bits per heavy atom. The molecular weight excluding hydrogens is 312 g/mol. The Balaban J connectivity index is 1.42. The Labute approximate surface area is 151 Å². The van der Waals surface area contributed by atoms with E-state index in [-0.39, 0.29) is 5.97 Å². The van der Waals surface area contributed by atoms with Crippen LogP contribution in [0, 0.1) is 11.8 Å². The molecule has 0 amide bonds.